The van der Waals surface area contributed by atoms with Gasteiger partial charge >= 0.3 is 11.9 Å². The van der Waals surface area contributed by atoms with Crippen LogP contribution in [0.25, 0.3) is 0 Å². The van der Waals surface area contributed by atoms with Gasteiger partial charge in [0, 0.05) is 6.54 Å². The molecule has 24 heteroatoms. The molecule has 0 fully saturated rings. The van der Waals surface area contributed by atoms with E-state index in [9.17, 15) is 53.4 Å². The smallest absolute Gasteiger partial charge is 0.326 e. The fourth-order valence-corrected chi connectivity index (χ4v) is 5.08. The van der Waals surface area contributed by atoms with Gasteiger partial charge in [-0.15, -0.1) is 0 Å². The SMILES string of the molecule is CC[C@H](C)[C@H](NC(=O)[C@@H](N)CCCCN)C(=O)N[C@@H](CC(=O)O)C(=O)NCC(=O)N[C@@H](CCCN=C(N)N)C(=O)NCC(=O)NCC(=O)N[C@@H](CCCCN)C(=O)O. The van der Waals surface area contributed by atoms with E-state index < -0.39 is 115 Å². The summed E-state index contributed by atoms with van der Waals surface area (Å²) in [6.45, 7) is 2.26. The molecule has 330 valence electrons. The van der Waals surface area contributed by atoms with E-state index in [1.54, 1.807) is 13.8 Å². The normalized spacial score (nSPS) is 13.8. The van der Waals surface area contributed by atoms with E-state index >= 15 is 0 Å². The molecule has 0 radical (unpaired) electrons. The fourth-order valence-electron chi connectivity index (χ4n) is 5.08. The van der Waals surface area contributed by atoms with Gasteiger partial charge in [-0.2, -0.15) is 0 Å². The summed E-state index contributed by atoms with van der Waals surface area (Å²) < 4.78 is 0. The zero-order valence-electron chi connectivity index (χ0n) is 33.2. The molecule has 0 aliphatic carbocycles. The van der Waals surface area contributed by atoms with E-state index in [2.05, 4.69) is 42.2 Å². The molecule has 0 saturated carbocycles. The van der Waals surface area contributed by atoms with E-state index in [0.29, 0.717) is 51.6 Å². The summed E-state index contributed by atoms with van der Waals surface area (Å²) in [4.78, 5) is 116. The lowest BCUT2D eigenvalue weighted by Crippen LogP contribution is -2.58. The number of amides is 7. The standard InChI is InChI=1S/C34H63N13O11/c1-3-19(2)28(47-29(53)20(37)9-4-6-12-35)32(56)46-23(15-27(51)52)31(55)43-18-26(50)44-21(11-8-14-40-34(38)39)30(54)42-16-24(48)41-17-25(49)45-22(33(57)58)10-5-7-13-36/h19-23,28H,3-18,35-37H2,1-2H3,(H,41,48)(H,42,54)(H,43,55)(H,44,50)(H,45,49)(H,46,56)(H,47,53)(H,51,52)(H,57,58)(H4,38,39,40)/t19-,20-,21-,22-,23-,28-/m0/s1. The molecule has 6 atom stereocenters. The van der Waals surface area contributed by atoms with Gasteiger partial charge in [-0.1, -0.05) is 26.7 Å². The molecular formula is C34H63N13O11. The molecule has 0 aromatic rings. The topological polar surface area (TPSA) is 421 Å². The monoisotopic (exact) mass is 829 g/mol. The number of rotatable bonds is 31. The Kier molecular flexibility index (Phi) is 26.7. The second-order valence-corrected chi connectivity index (χ2v) is 13.4. The van der Waals surface area contributed by atoms with Gasteiger partial charge in [-0.25, -0.2) is 4.79 Å². The highest BCUT2D eigenvalue weighted by atomic mass is 16.4. The van der Waals surface area contributed by atoms with Crippen LogP contribution >= 0.6 is 0 Å². The Morgan fingerprint density at radius 1 is 0.603 bits per heavy atom. The zero-order chi connectivity index (χ0) is 44.2. The lowest BCUT2D eigenvalue weighted by Gasteiger charge is -2.27. The molecule has 24 nitrogen and oxygen atoms in total. The van der Waals surface area contributed by atoms with E-state index in [-0.39, 0.29) is 31.8 Å². The van der Waals surface area contributed by atoms with Crippen LogP contribution in [0.2, 0.25) is 0 Å². The van der Waals surface area contributed by atoms with Crippen molar-refractivity contribution < 1.29 is 53.4 Å². The molecule has 0 unspecified atom stereocenters. The number of hydrogen-bond donors (Lipinski definition) is 14. The van der Waals surface area contributed by atoms with Gasteiger partial charge in [0.2, 0.25) is 41.4 Å². The van der Waals surface area contributed by atoms with Crippen molar-refractivity contribution in [2.45, 2.75) is 108 Å². The number of aliphatic imine (C=N–C) groups is 1. The second kappa shape index (κ2) is 29.6. The van der Waals surface area contributed by atoms with Crippen LogP contribution in [0.15, 0.2) is 4.99 Å². The van der Waals surface area contributed by atoms with Crippen molar-refractivity contribution >= 4 is 59.2 Å². The maximum Gasteiger partial charge on any atom is 0.326 e. The summed E-state index contributed by atoms with van der Waals surface area (Å²) in [6.07, 6.45) is 2.35. The van der Waals surface area contributed by atoms with Gasteiger partial charge in [-0.3, -0.25) is 43.3 Å². The predicted octanol–water partition coefficient (Wildman–Crippen LogP) is -5.48. The van der Waals surface area contributed by atoms with Crippen molar-refractivity contribution in [1.29, 1.82) is 0 Å². The number of guanidine groups is 1. The molecule has 0 saturated heterocycles. The summed E-state index contributed by atoms with van der Waals surface area (Å²) in [5.74, 6) is -9.27. The highest BCUT2D eigenvalue weighted by Gasteiger charge is 2.32. The summed E-state index contributed by atoms with van der Waals surface area (Å²) in [5.41, 5.74) is 27.5. The Morgan fingerprint density at radius 3 is 1.66 bits per heavy atom. The molecule has 0 aliphatic rings. The molecule has 0 aromatic carbocycles. The fraction of sp³-hybridized carbons (Fsp3) is 0.706. The van der Waals surface area contributed by atoms with Crippen molar-refractivity contribution in [1.82, 2.24) is 37.2 Å². The molecule has 0 aliphatic heterocycles. The second-order valence-electron chi connectivity index (χ2n) is 13.4. The van der Waals surface area contributed by atoms with Gasteiger partial charge in [-0.05, 0) is 64.0 Å². The van der Waals surface area contributed by atoms with Crippen LogP contribution in [-0.2, 0) is 43.2 Å². The maximum absolute atomic E-state index is 13.3. The highest BCUT2D eigenvalue weighted by Crippen LogP contribution is 2.10. The van der Waals surface area contributed by atoms with Gasteiger partial charge in [0.25, 0.3) is 0 Å². The predicted molar refractivity (Wildman–Crippen MR) is 210 cm³/mol. The van der Waals surface area contributed by atoms with Crippen LogP contribution in [-0.4, -0.2) is 139 Å². The number of carboxylic acids is 2. The lowest BCUT2D eigenvalue weighted by molar-refractivity contribution is -0.142. The van der Waals surface area contributed by atoms with Gasteiger partial charge in [0.1, 0.15) is 24.2 Å². The molecule has 0 aromatic heterocycles. The summed E-state index contributed by atoms with van der Waals surface area (Å²) in [7, 11) is 0. The first-order chi connectivity index (χ1) is 27.4. The first-order valence-corrected chi connectivity index (χ1v) is 19.0. The van der Waals surface area contributed by atoms with Crippen molar-refractivity contribution in [3.8, 4) is 0 Å². The quantitative estimate of drug-likeness (QED) is 0.0176. The maximum atomic E-state index is 13.3. The van der Waals surface area contributed by atoms with Crippen LogP contribution in [0.4, 0.5) is 0 Å². The number of nitrogens with one attached hydrogen (secondary N) is 7. The number of nitrogens with zero attached hydrogens (tertiary/aromatic N) is 1. The molecule has 0 spiro atoms. The largest absolute Gasteiger partial charge is 0.481 e. The van der Waals surface area contributed by atoms with Crippen LogP contribution in [0.5, 0.6) is 0 Å². The molecule has 7 amide bonds. The zero-order valence-corrected chi connectivity index (χ0v) is 33.2. The average molecular weight is 830 g/mol. The van der Waals surface area contributed by atoms with Crippen molar-refractivity contribution in [3.05, 3.63) is 0 Å². The Bertz CT molecular complexity index is 1410. The van der Waals surface area contributed by atoms with Crippen LogP contribution in [0.1, 0.15) is 78.1 Å². The first kappa shape index (κ1) is 52.4. The lowest BCUT2D eigenvalue weighted by atomic mass is 9.97. The van der Waals surface area contributed by atoms with Crippen LogP contribution in [0.3, 0.4) is 0 Å². The minimum atomic E-state index is -1.68. The van der Waals surface area contributed by atoms with Crippen molar-refractivity contribution in [3.63, 3.8) is 0 Å². The average Bonchev–Trinajstić information content (AvgIpc) is 3.16. The number of unbranched alkanes of at least 4 members (excludes halogenated alkanes) is 2. The number of hydrogen-bond acceptors (Lipinski definition) is 13. The van der Waals surface area contributed by atoms with Crippen molar-refractivity contribution in [2.24, 2.45) is 39.6 Å². The third kappa shape index (κ3) is 23.4. The molecular weight excluding hydrogens is 766 g/mol. The van der Waals surface area contributed by atoms with Crippen LogP contribution < -0.4 is 65.9 Å². The van der Waals surface area contributed by atoms with Gasteiger partial charge in [0.15, 0.2) is 5.96 Å². The number of carbonyl (C=O) groups is 9. The Balaban J connectivity index is 5.53. The van der Waals surface area contributed by atoms with Crippen LogP contribution in [0, 0.1) is 5.92 Å². The number of aliphatic carboxylic acids is 2. The third-order valence-corrected chi connectivity index (χ3v) is 8.58. The number of carboxylic acid groups (broad SMARTS) is 2. The van der Waals surface area contributed by atoms with Gasteiger partial charge in [0.05, 0.1) is 32.1 Å². The van der Waals surface area contributed by atoms with E-state index in [1.807, 2.05) is 0 Å². The summed E-state index contributed by atoms with van der Waals surface area (Å²) in [6, 6.07) is -6.27. The van der Waals surface area contributed by atoms with E-state index in [1.165, 1.54) is 0 Å². The number of carbonyl (C=O) groups excluding carboxylic acids is 7. The minimum absolute atomic E-state index is 0.0514. The highest BCUT2D eigenvalue weighted by molar-refractivity contribution is 5.97. The van der Waals surface area contributed by atoms with Gasteiger partial charge < -0.3 is 76.1 Å². The molecule has 0 bridgehead atoms. The first-order valence-electron chi connectivity index (χ1n) is 19.0. The summed E-state index contributed by atoms with van der Waals surface area (Å²) >= 11 is 0. The van der Waals surface area contributed by atoms with E-state index in [0.717, 1.165) is 0 Å². The Hall–Kier alpha value is -5.62. The van der Waals surface area contributed by atoms with E-state index in [4.69, 9.17) is 28.7 Å². The molecule has 58 heavy (non-hydrogen) atoms. The molecule has 0 rings (SSSR count). The Morgan fingerprint density at radius 2 is 1.12 bits per heavy atom. The minimum Gasteiger partial charge on any atom is -0.481 e. The molecule has 19 N–H and O–H groups in total. The van der Waals surface area contributed by atoms with Crippen molar-refractivity contribution in [2.75, 3.05) is 39.3 Å². The Labute approximate surface area is 336 Å². The number of nitrogens with two attached hydrogens (primary N) is 5. The summed E-state index contributed by atoms with van der Waals surface area (Å²) in [5, 5.41) is 35.1. The molecule has 0 heterocycles. The third-order valence-electron chi connectivity index (χ3n) is 8.58.